The predicted molar refractivity (Wildman–Crippen MR) is 156 cm³/mol. The Labute approximate surface area is 241 Å². The number of hydrogen-bond acceptors (Lipinski definition) is 6. The van der Waals surface area contributed by atoms with Gasteiger partial charge in [-0.05, 0) is 44.0 Å². The number of rotatable bonds is 9. The summed E-state index contributed by atoms with van der Waals surface area (Å²) < 4.78 is 7.43. The molecule has 40 heavy (non-hydrogen) atoms. The second kappa shape index (κ2) is 13.1. The van der Waals surface area contributed by atoms with Gasteiger partial charge in [0, 0.05) is 19.2 Å². The molecule has 0 atom stereocenters. The molecule has 2 heterocycles. The predicted octanol–water partition coefficient (Wildman–Crippen LogP) is 6.81. The van der Waals surface area contributed by atoms with E-state index in [0.29, 0.717) is 5.82 Å². The molecule has 4 aromatic rings. The number of hydrogen-bond donors (Lipinski definition) is 4. The summed E-state index contributed by atoms with van der Waals surface area (Å²) in [6, 6.07) is 13.3. The van der Waals surface area contributed by atoms with E-state index >= 15 is 0 Å². The molecule has 4 rings (SSSR count). The second-order valence-electron chi connectivity index (χ2n) is 8.74. The number of urea groups is 2. The van der Waals surface area contributed by atoms with Crippen molar-refractivity contribution in [3.05, 3.63) is 76.2 Å². The highest BCUT2D eigenvalue weighted by Crippen LogP contribution is 2.39. The fourth-order valence-corrected chi connectivity index (χ4v) is 4.02. The number of nitrogens with zero attached hydrogens (tertiary/aromatic N) is 4. The van der Waals surface area contributed by atoms with Crippen molar-refractivity contribution < 1.29 is 14.3 Å². The molecule has 4 N–H and O–H groups in total. The van der Waals surface area contributed by atoms with Crippen LogP contribution in [0.2, 0.25) is 10.0 Å². The normalized spacial score (nSPS) is 10.6. The van der Waals surface area contributed by atoms with E-state index in [4.69, 9.17) is 33.0 Å². The van der Waals surface area contributed by atoms with E-state index in [0.717, 1.165) is 36.2 Å². The van der Waals surface area contributed by atoms with Crippen LogP contribution >= 0.6 is 23.2 Å². The van der Waals surface area contributed by atoms with E-state index in [1.807, 2.05) is 37.3 Å². The summed E-state index contributed by atoms with van der Waals surface area (Å²) in [5.74, 6) is 1.06. The number of ether oxygens (including phenoxy) is 1. The number of halogens is 2. The first-order chi connectivity index (χ1) is 19.3. The van der Waals surface area contributed by atoms with E-state index in [9.17, 15) is 9.59 Å². The lowest BCUT2D eigenvalue weighted by molar-refractivity contribution is 0.254. The number of anilines is 3. The number of amides is 4. The number of aromatic nitrogens is 4. The van der Waals surface area contributed by atoms with E-state index in [2.05, 4.69) is 38.2 Å². The molecule has 0 spiro atoms. The smallest absolute Gasteiger partial charge is 0.324 e. The van der Waals surface area contributed by atoms with E-state index in [1.165, 1.54) is 25.5 Å². The summed E-state index contributed by atoms with van der Waals surface area (Å²) in [6.07, 6.45) is 4.04. The molecule has 2 aromatic heterocycles. The number of benzene rings is 2. The Balaban J connectivity index is 1.49. The van der Waals surface area contributed by atoms with Gasteiger partial charge in [0.05, 0.1) is 22.1 Å². The van der Waals surface area contributed by atoms with Gasteiger partial charge in [-0.25, -0.2) is 24.2 Å². The van der Waals surface area contributed by atoms with Crippen LogP contribution in [0.5, 0.6) is 11.6 Å². The molecule has 0 aliphatic heterocycles. The quantitative estimate of drug-likeness (QED) is 0.171. The van der Waals surface area contributed by atoms with Gasteiger partial charge < -0.3 is 15.4 Å². The maximum Gasteiger partial charge on any atom is 0.324 e. The van der Waals surface area contributed by atoms with E-state index in [-0.39, 0.29) is 33.2 Å². The third-order valence-corrected chi connectivity index (χ3v) is 6.55. The van der Waals surface area contributed by atoms with Crippen LogP contribution in [-0.2, 0) is 6.42 Å². The number of aryl methyl sites for hydroxylation is 2. The Kier molecular flexibility index (Phi) is 9.41. The molecule has 4 amide bonds. The van der Waals surface area contributed by atoms with Gasteiger partial charge in [0.25, 0.3) is 0 Å². The van der Waals surface area contributed by atoms with Gasteiger partial charge in [-0.2, -0.15) is 5.10 Å². The molecule has 0 aliphatic carbocycles. The van der Waals surface area contributed by atoms with Crippen molar-refractivity contribution >= 4 is 52.6 Å². The molecule has 11 nitrogen and oxygen atoms in total. The lowest BCUT2D eigenvalue weighted by Gasteiger charge is -2.14. The number of unbranched alkanes of at least 4 members (excludes halogenated alkanes) is 1. The minimum Gasteiger partial charge on any atom is -0.437 e. The summed E-state index contributed by atoms with van der Waals surface area (Å²) in [6.45, 7) is 4.12. The number of carbonyl (C=O) groups is 2. The Hall–Kier alpha value is -4.35. The lowest BCUT2D eigenvalue weighted by atomic mass is 10.2. The van der Waals surface area contributed by atoms with Crippen LogP contribution in [0.3, 0.4) is 0 Å². The van der Waals surface area contributed by atoms with Crippen molar-refractivity contribution in [3.63, 3.8) is 0 Å². The maximum absolute atomic E-state index is 13.0. The highest BCUT2D eigenvalue weighted by Gasteiger charge is 2.17. The van der Waals surface area contributed by atoms with Crippen LogP contribution in [0.25, 0.3) is 5.69 Å². The van der Waals surface area contributed by atoms with E-state index in [1.54, 1.807) is 10.7 Å². The summed E-state index contributed by atoms with van der Waals surface area (Å²) in [5, 5.41) is 15.4. The topological polar surface area (TPSA) is 135 Å². The molecule has 0 aliphatic rings. The fourth-order valence-electron chi connectivity index (χ4n) is 3.61. The summed E-state index contributed by atoms with van der Waals surface area (Å²) in [4.78, 5) is 32.5. The molecular weight excluding hydrogens is 555 g/mol. The molecule has 208 valence electrons. The molecule has 0 fully saturated rings. The number of carbonyl (C=O) groups excluding carboxylic acids is 2. The van der Waals surface area contributed by atoms with E-state index < -0.39 is 12.1 Å². The van der Waals surface area contributed by atoms with Crippen LogP contribution in [0.15, 0.2) is 54.9 Å². The standard InChI is InChI=1S/C27H28Cl2N8O3/c1-4-5-6-17-13-22(37(36-17)18-9-7-16(2)8-10-18)35-27(39)33-19-11-12-20(25(29)24(19)28)40-23-14-21(31-15-32-23)34-26(38)30-3/h7-15H,4-6H2,1-3H3,(H2,33,35,39)(H2,30,31,32,34,38). The Bertz CT molecular complexity index is 1510. The van der Waals surface area contributed by atoms with Crippen LogP contribution in [-0.4, -0.2) is 38.9 Å². The summed E-state index contributed by atoms with van der Waals surface area (Å²) >= 11 is 12.9. The highest BCUT2D eigenvalue weighted by molar-refractivity contribution is 6.45. The first kappa shape index (κ1) is 28.7. The summed E-state index contributed by atoms with van der Waals surface area (Å²) in [7, 11) is 1.48. The molecular formula is C27H28Cl2N8O3. The Morgan fingerprint density at radius 1 is 0.950 bits per heavy atom. The van der Waals surface area contributed by atoms with Crippen LogP contribution in [0, 0.1) is 6.92 Å². The monoisotopic (exact) mass is 582 g/mol. The van der Waals surface area contributed by atoms with Gasteiger partial charge in [-0.1, -0.05) is 54.2 Å². The molecule has 2 aromatic carbocycles. The first-order valence-corrected chi connectivity index (χ1v) is 13.2. The molecule has 13 heteroatoms. The van der Waals surface area contributed by atoms with Gasteiger partial charge in [-0.3, -0.25) is 10.6 Å². The minimum atomic E-state index is -0.525. The van der Waals surface area contributed by atoms with Gasteiger partial charge in [0.1, 0.15) is 28.7 Å². The van der Waals surface area contributed by atoms with Crippen molar-refractivity contribution in [1.29, 1.82) is 0 Å². The van der Waals surface area contributed by atoms with Crippen LogP contribution < -0.4 is 26.0 Å². The van der Waals surface area contributed by atoms with Crippen molar-refractivity contribution in [1.82, 2.24) is 25.1 Å². The lowest BCUT2D eigenvalue weighted by Crippen LogP contribution is -2.24. The zero-order valence-electron chi connectivity index (χ0n) is 22.1. The van der Waals surface area contributed by atoms with Gasteiger partial charge >= 0.3 is 12.1 Å². The minimum absolute atomic E-state index is 0.0606. The highest BCUT2D eigenvalue weighted by atomic mass is 35.5. The molecule has 0 saturated heterocycles. The Morgan fingerprint density at radius 3 is 2.45 bits per heavy atom. The largest absolute Gasteiger partial charge is 0.437 e. The Morgan fingerprint density at radius 2 is 1.73 bits per heavy atom. The third-order valence-electron chi connectivity index (χ3n) is 5.69. The van der Waals surface area contributed by atoms with Crippen molar-refractivity contribution in [3.8, 4) is 17.3 Å². The molecule has 0 saturated carbocycles. The van der Waals surface area contributed by atoms with Crippen LogP contribution in [0.1, 0.15) is 31.0 Å². The van der Waals surface area contributed by atoms with Crippen molar-refractivity contribution in [2.45, 2.75) is 33.1 Å². The second-order valence-corrected chi connectivity index (χ2v) is 9.49. The first-order valence-electron chi connectivity index (χ1n) is 12.5. The van der Waals surface area contributed by atoms with Gasteiger partial charge in [0.15, 0.2) is 0 Å². The molecule has 0 bridgehead atoms. The van der Waals surface area contributed by atoms with Crippen molar-refractivity contribution in [2.24, 2.45) is 0 Å². The SMILES string of the molecule is CCCCc1cc(NC(=O)Nc2ccc(Oc3cc(NC(=O)NC)ncn3)c(Cl)c2Cl)n(-c2ccc(C)cc2)n1. The molecule has 0 unspecified atom stereocenters. The van der Waals surface area contributed by atoms with Crippen LogP contribution in [0.4, 0.5) is 26.9 Å². The zero-order valence-corrected chi connectivity index (χ0v) is 23.6. The van der Waals surface area contributed by atoms with Crippen molar-refractivity contribution in [2.75, 3.05) is 23.0 Å². The average molecular weight is 583 g/mol. The van der Waals surface area contributed by atoms with Gasteiger partial charge in [-0.15, -0.1) is 0 Å². The molecule has 0 radical (unpaired) electrons. The number of nitrogens with one attached hydrogen (secondary N) is 4. The zero-order chi connectivity index (χ0) is 28.6. The third kappa shape index (κ3) is 7.19. The maximum atomic E-state index is 13.0. The summed E-state index contributed by atoms with van der Waals surface area (Å²) in [5.41, 5.74) is 3.09. The van der Waals surface area contributed by atoms with Gasteiger partial charge in [0.2, 0.25) is 5.88 Å². The average Bonchev–Trinajstić information content (AvgIpc) is 3.34. The fraction of sp³-hybridized carbons (Fsp3) is 0.222.